The fraction of sp³-hybridized carbons (Fsp3) is 0. The number of nitrogens with zero attached hydrogens (tertiary/aromatic N) is 3. The van der Waals surface area contributed by atoms with Gasteiger partial charge >= 0.3 is 0 Å². The zero-order valence-corrected chi connectivity index (χ0v) is 23.1. The average molecular weight is 567 g/mol. The maximum absolute atomic E-state index is 8.87. The molecule has 0 spiro atoms. The first-order chi connectivity index (χ1) is 23.9. The summed E-state index contributed by atoms with van der Waals surface area (Å²) in [6.07, 6.45) is 0. The van der Waals surface area contributed by atoms with E-state index >= 15 is 0 Å². The molecule has 0 aliphatic heterocycles. The number of hydrogen-bond donors (Lipinski definition) is 0. The van der Waals surface area contributed by atoms with Crippen LogP contribution < -0.4 is 0 Å². The predicted molar refractivity (Wildman–Crippen MR) is 182 cm³/mol. The van der Waals surface area contributed by atoms with Gasteiger partial charge in [0.1, 0.15) is 11.2 Å². The fourth-order valence-corrected chi connectivity index (χ4v) is 6.74. The van der Waals surface area contributed by atoms with Crippen LogP contribution in [-0.4, -0.2) is 14.5 Å². The van der Waals surface area contributed by atoms with Crippen LogP contribution >= 0.6 is 0 Å². The first-order valence-electron chi connectivity index (χ1n) is 16.9. The standard InChI is InChI=1S/C40H23N3O/c1-2-11-25(12-3-1)38-30-20-18-24-10-4-5-13-27(24)39(30)42-40(41-38)43-33-16-8-6-14-28(33)32-23-31-26(22-34(32)43)19-21-36-37(31)29-15-7-9-17-35(29)44-36/h1-23H/i1D,2D,3D,11D,12D. The number of hydrogen-bond acceptors (Lipinski definition) is 3. The van der Waals surface area contributed by atoms with Gasteiger partial charge in [0.25, 0.3) is 0 Å². The molecule has 3 heterocycles. The smallest absolute Gasteiger partial charge is 0.235 e. The molecular formula is C40H23N3O. The van der Waals surface area contributed by atoms with Crippen LogP contribution in [0.1, 0.15) is 6.85 Å². The Morgan fingerprint density at radius 3 is 2.23 bits per heavy atom. The summed E-state index contributed by atoms with van der Waals surface area (Å²) in [6.45, 7) is 0. The summed E-state index contributed by atoms with van der Waals surface area (Å²) in [6, 6.07) is 34.4. The minimum absolute atomic E-state index is 0.0374. The molecule has 44 heavy (non-hydrogen) atoms. The molecule has 0 N–H and O–H groups in total. The van der Waals surface area contributed by atoms with Crippen molar-refractivity contribution in [2.75, 3.05) is 0 Å². The second kappa shape index (κ2) is 8.76. The van der Waals surface area contributed by atoms with Crippen molar-refractivity contribution >= 4 is 76.2 Å². The van der Waals surface area contributed by atoms with Crippen molar-refractivity contribution < 1.29 is 11.3 Å². The van der Waals surface area contributed by atoms with Gasteiger partial charge in [-0.2, -0.15) is 0 Å². The van der Waals surface area contributed by atoms with Gasteiger partial charge < -0.3 is 4.42 Å². The highest BCUT2D eigenvalue weighted by Crippen LogP contribution is 2.40. The summed E-state index contributed by atoms with van der Waals surface area (Å²) in [7, 11) is 0. The SMILES string of the molecule is [2H]c1c([2H])c([2H])c(-c2nc(-n3c4ccccc4c4cc5c(ccc6oc7ccccc7c65)cc43)nc3c2ccc2ccccc23)c([2H])c1[2H]. The molecule has 0 amide bonds. The minimum atomic E-state index is -0.448. The molecule has 10 aromatic rings. The third-order valence-electron chi connectivity index (χ3n) is 8.67. The minimum Gasteiger partial charge on any atom is -0.456 e. The third kappa shape index (κ3) is 3.22. The van der Waals surface area contributed by atoms with Crippen LogP contribution in [-0.2, 0) is 0 Å². The Hall–Kier alpha value is -6.00. The zero-order chi connectivity index (χ0) is 33.1. The van der Waals surface area contributed by atoms with Crippen LogP contribution in [0.4, 0.5) is 0 Å². The summed E-state index contributed by atoms with van der Waals surface area (Å²) >= 11 is 0. The molecule has 0 unspecified atom stereocenters. The Kier molecular flexibility index (Phi) is 3.83. The van der Waals surface area contributed by atoms with Crippen molar-refractivity contribution in [2.45, 2.75) is 0 Å². The Bertz CT molecular complexity index is 3040. The van der Waals surface area contributed by atoms with E-state index in [0.717, 1.165) is 65.3 Å². The molecular weight excluding hydrogens is 538 g/mol. The van der Waals surface area contributed by atoms with Gasteiger partial charge in [-0.1, -0.05) is 103 Å². The van der Waals surface area contributed by atoms with Gasteiger partial charge in [-0.05, 0) is 52.6 Å². The van der Waals surface area contributed by atoms with Gasteiger partial charge in [0.05, 0.1) is 29.1 Å². The first-order valence-corrected chi connectivity index (χ1v) is 14.4. The third-order valence-corrected chi connectivity index (χ3v) is 8.67. The molecule has 0 saturated heterocycles. The molecule has 0 saturated carbocycles. The monoisotopic (exact) mass is 566 g/mol. The molecule has 4 nitrogen and oxygen atoms in total. The summed E-state index contributed by atoms with van der Waals surface area (Å²) in [5.74, 6) is 0.339. The lowest BCUT2D eigenvalue weighted by molar-refractivity contribution is 0.669. The average Bonchev–Trinajstić information content (AvgIpc) is 3.68. The highest BCUT2D eigenvalue weighted by molar-refractivity contribution is 6.23. The molecule has 7 aromatic carbocycles. The van der Waals surface area contributed by atoms with Crippen LogP contribution in [0.3, 0.4) is 0 Å². The van der Waals surface area contributed by atoms with E-state index in [1.54, 1.807) is 0 Å². The highest BCUT2D eigenvalue weighted by Gasteiger charge is 2.20. The van der Waals surface area contributed by atoms with Crippen molar-refractivity contribution in [1.82, 2.24) is 14.5 Å². The number of rotatable bonds is 2. The normalized spacial score (nSPS) is 13.7. The Labute approximate surface area is 258 Å². The fourth-order valence-electron chi connectivity index (χ4n) is 6.74. The summed E-state index contributed by atoms with van der Waals surface area (Å²) in [5.41, 5.74) is 4.37. The van der Waals surface area contributed by atoms with Gasteiger partial charge in [-0.15, -0.1) is 0 Å². The Morgan fingerprint density at radius 2 is 1.32 bits per heavy atom. The molecule has 4 heteroatoms. The van der Waals surface area contributed by atoms with Crippen LogP contribution in [0.25, 0.3) is 93.4 Å². The maximum Gasteiger partial charge on any atom is 0.235 e. The quantitative estimate of drug-likeness (QED) is 0.196. The summed E-state index contributed by atoms with van der Waals surface area (Å²) < 4.78 is 51.1. The van der Waals surface area contributed by atoms with E-state index in [0.29, 0.717) is 16.9 Å². The molecule has 0 aliphatic rings. The molecule has 3 aromatic heterocycles. The van der Waals surface area contributed by atoms with Gasteiger partial charge in [-0.3, -0.25) is 4.57 Å². The summed E-state index contributed by atoms with van der Waals surface area (Å²) in [4.78, 5) is 10.3. The first kappa shape index (κ1) is 19.2. The van der Waals surface area contributed by atoms with E-state index in [1.807, 2.05) is 83.4 Å². The van der Waals surface area contributed by atoms with E-state index < -0.39 is 18.1 Å². The molecule has 10 rings (SSSR count). The van der Waals surface area contributed by atoms with Crippen molar-refractivity contribution in [2.24, 2.45) is 0 Å². The molecule has 0 atom stereocenters. The van der Waals surface area contributed by atoms with Crippen LogP contribution in [0.5, 0.6) is 0 Å². The number of para-hydroxylation sites is 2. The van der Waals surface area contributed by atoms with E-state index in [1.165, 1.54) is 0 Å². The van der Waals surface area contributed by atoms with E-state index in [9.17, 15) is 0 Å². The van der Waals surface area contributed by atoms with Crippen molar-refractivity contribution in [1.29, 1.82) is 0 Å². The topological polar surface area (TPSA) is 43.9 Å². The second-order valence-corrected chi connectivity index (χ2v) is 11.0. The molecule has 0 aliphatic carbocycles. The number of aromatic nitrogens is 3. The van der Waals surface area contributed by atoms with E-state index in [2.05, 4.69) is 30.3 Å². The largest absolute Gasteiger partial charge is 0.456 e. The van der Waals surface area contributed by atoms with Crippen LogP contribution in [0.2, 0.25) is 0 Å². The number of fused-ring (bicyclic) bond motifs is 11. The van der Waals surface area contributed by atoms with Crippen molar-refractivity contribution in [3.8, 4) is 17.2 Å². The zero-order valence-electron chi connectivity index (χ0n) is 28.1. The van der Waals surface area contributed by atoms with Crippen LogP contribution in [0, 0.1) is 0 Å². The van der Waals surface area contributed by atoms with E-state index in [4.69, 9.17) is 21.2 Å². The highest BCUT2D eigenvalue weighted by atomic mass is 16.3. The van der Waals surface area contributed by atoms with Crippen LogP contribution in [0.15, 0.2) is 144 Å². The summed E-state index contributed by atoms with van der Waals surface area (Å²) in [5, 5.41) is 8.66. The number of furan rings is 1. The lowest BCUT2D eigenvalue weighted by atomic mass is 10.0. The number of benzene rings is 7. The van der Waals surface area contributed by atoms with Gasteiger partial charge in [0.15, 0.2) is 0 Å². The van der Waals surface area contributed by atoms with Crippen molar-refractivity contribution in [3.05, 3.63) is 139 Å². The van der Waals surface area contributed by atoms with Gasteiger partial charge in [-0.25, -0.2) is 9.97 Å². The van der Waals surface area contributed by atoms with Gasteiger partial charge in [0, 0.05) is 37.9 Å². The lowest BCUT2D eigenvalue weighted by Crippen LogP contribution is -2.03. The Balaban J connectivity index is 1.37. The molecule has 0 fully saturated rings. The van der Waals surface area contributed by atoms with Crippen molar-refractivity contribution in [3.63, 3.8) is 0 Å². The van der Waals surface area contributed by atoms with Gasteiger partial charge in [0.2, 0.25) is 5.95 Å². The predicted octanol–water partition coefficient (Wildman–Crippen LogP) is 10.6. The molecule has 0 radical (unpaired) electrons. The molecule has 204 valence electrons. The second-order valence-electron chi connectivity index (χ2n) is 11.0. The van der Waals surface area contributed by atoms with E-state index in [-0.39, 0.29) is 23.3 Å². The lowest BCUT2D eigenvalue weighted by Gasteiger charge is -2.13. The molecule has 0 bridgehead atoms. The Morgan fingerprint density at radius 1 is 0.545 bits per heavy atom. The maximum atomic E-state index is 8.87.